The van der Waals surface area contributed by atoms with Gasteiger partial charge in [0.15, 0.2) is 5.82 Å². The minimum absolute atomic E-state index is 0.0625. The van der Waals surface area contributed by atoms with E-state index in [-0.39, 0.29) is 12.5 Å². The topological polar surface area (TPSA) is 73.1 Å². The van der Waals surface area contributed by atoms with E-state index in [1.807, 2.05) is 20.8 Å². The molecule has 2 aliphatic rings. The predicted octanol–water partition coefficient (Wildman–Crippen LogP) is 3.72. The van der Waals surface area contributed by atoms with Crippen LogP contribution in [-0.4, -0.2) is 44.2 Å². The Balaban J connectivity index is 1.73. The Morgan fingerprint density at radius 3 is 2.55 bits per heavy atom. The van der Waals surface area contributed by atoms with Crippen LogP contribution in [0.1, 0.15) is 63.0 Å². The number of halogens is 3. The van der Waals surface area contributed by atoms with Crippen LogP contribution in [0, 0.1) is 5.41 Å². The van der Waals surface area contributed by atoms with Gasteiger partial charge in [0.05, 0.1) is 22.6 Å². The summed E-state index contributed by atoms with van der Waals surface area (Å²) in [5, 5.41) is 12.2. The van der Waals surface area contributed by atoms with E-state index in [9.17, 15) is 18.0 Å². The minimum atomic E-state index is -4.44. The maximum absolute atomic E-state index is 13.6. The van der Waals surface area contributed by atoms with Crippen LogP contribution in [0.5, 0.6) is 0 Å². The predicted molar refractivity (Wildman–Crippen MR) is 105 cm³/mol. The minimum Gasteiger partial charge on any atom is -0.381 e. The normalized spacial score (nSPS) is 21.8. The van der Waals surface area contributed by atoms with Gasteiger partial charge in [-0.15, -0.1) is 5.10 Å². The lowest BCUT2D eigenvalue weighted by Crippen LogP contribution is -2.39. The molecule has 0 bridgehead atoms. The molecule has 2 fully saturated rings. The number of hydrogen-bond acceptors (Lipinski definition) is 5. The van der Waals surface area contributed by atoms with Crippen molar-refractivity contribution in [1.82, 2.24) is 25.1 Å². The maximum atomic E-state index is 13.6. The van der Waals surface area contributed by atoms with Crippen LogP contribution in [0.3, 0.4) is 0 Å². The third-order valence-corrected chi connectivity index (χ3v) is 6.16. The molecule has 1 spiro atoms. The van der Waals surface area contributed by atoms with Crippen molar-refractivity contribution < 1.29 is 22.7 Å². The van der Waals surface area contributed by atoms with E-state index in [1.54, 1.807) is 15.6 Å². The van der Waals surface area contributed by atoms with Crippen molar-refractivity contribution >= 4 is 5.91 Å². The number of alkyl halides is 3. The van der Waals surface area contributed by atoms with Gasteiger partial charge in [-0.2, -0.15) is 13.2 Å². The first-order valence-corrected chi connectivity index (χ1v) is 10.3. The molecule has 2 aliphatic heterocycles. The van der Waals surface area contributed by atoms with E-state index in [0.717, 1.165) is 12.1 Å². The van der Waals surface area contributed by atoms with E-state index in [2.05, 4.69) is 15.5 Å². The molecular weight excluding hydrogens is 411 g/mol. The first kappa shape index (κ1) is 21.7. The molecule has 3 heterocycles. The van der Waals surface area contributed by atoms with Gasteiger partial charge in [0.2, 0.25) is 5.91 Å². The Hall–Kier alpha value is -2.49. The molecule has 7 nitrogen and oxygen atoms in total. The van der Waals surface area contributed by atoms with Crippen molar-refractivity contribution in [1.29, 1.82) is 0 Å². The van der Waals surface area contributed by atoms with Gasteiger partial charge >= 0.3 is 6.18 Å². The molecule has 168 valence electrons. The lowest BCUT2D eigenvalue weighted by atomic mass is 9.77. The van der Waals surface area contributed by atoms with Gasteiger partial charge in [-0.25, -0.2) is 4.68 Å². The molecule has 1 atom stereocenters. The van der Waals surface area contributed by atoms with Crippen molar-refractivity contribution in [2.75, 3.05) is 13.2 Å². The van der Waals surface area contributed by atoms with Crippen molar-refractivity contribution in [2.45, 2.75) is 64.3 Å². The summed E-state index contributed by atoms with van der Waals surface area (Å²) < 4.78 is 46.8. The molecule has 4 rings (SSSR count). The van der Waals surface area contributed by atoms with E-state index in [1.165, 1.54) is 6.07 Å². The molecule has 0 radical (unpaired) electrons. The molecule has 2 saturated heterocycles. The molecule has 2 aromatic rings. The third-order valence-electron chi connectivity index (χ3n) is 6.16. The summed E-state index contributed by atoms with van der Waals surface area (Å²) in [7, 11) is 0. The summed E-state index contributed by atoms with van der Waals surface area (Å²) in [6.45, 7) is 6.92. The number of amides is 1. The fourth-order valence-electron chi connectivity index (χ4n) is 4.53. The summed E-state index contributed by atoms with van der Waals surface area (Å²) in [5.41, 5.74) is -1.31. The van der Waals surface area contributed by atoms with Crippen LogP contribution >= 0.6 is 0 Å². The number of aromatic nitrogens is 4. The van der Waals surface area contributed by atoms with E-state index < -0.39 is 28.7 Å². The quantitative estimate of drug-likeness (QED) is 0.732. The highest BCUT2D eigenvalue weighted by Gasteiger charge is 2.54. The van der Waals surface area contributed by atoms with Crippen molar-refractivity contribution in [3.05, 3.63) is 41.2 Å². The largest absolute Gasteiger partial charge is 0.416 e. The van der Waals surface area contributed by atoms with Crippen LogP contribution in [0.2, 0.25) is 0 Å². The van der Waals surface area contributed by atoms with Gasteiger partial charge in [-0.3, -0.25) is 4.79 Å². The lowest BCUT2D eigenvalue weighted by molar-refractivity contribution is -0.141. The molecule has 1 unspecified atom stereocenters. The number of carbonyl (C=O) groups excluding carboxylic acids is 1. The van der Waals surface area contributed by atoms with Crippen LogP contribution in [0.25, 0.3) is 0 Å². The second-order valence-electron chi connectivity index (χ2n) is 9.36. The smallest absolute Gasteiger partial charge is 0.381 e. The average Bonchev–Trinajstić information content (AvgIpc) is 3.28. The highest BCUT2D eigenvalue weighted by Crippen LogP contribution is 2.50. The second-order valence-corrected chi connectivity index (χ2v) is 9.36. The Labute approximate surface area is 178 Å². The van der Waals surface area contributed by atoms with Gasteiger partial charge in [-0.1, -0.05) is 12.1 Å². The first-order valence-electron chi connectivity index (χ1n) is 10.3. The fraction of sp³-hybridized carbons (Fsp3) is 0.619. The molecule has 0 saturated carbocycles. The van der Waals surface area contributed by atoms with Crippen LogP contribution in [-0.2, 0) is 27.8 Å². The molecule has 31 heavy (non-hydrogen) atoms. The van der Waals surface area contributed by atoms with Crippen molar-refractivity contribution in [2.24, 2.45) is 5.41 Å². The summed E-state index contributed by atoms with van der Waals surface area (Å²) >= 11 is 0. The van der Waals surface area contributed by atoms with Crippen molar-refractivity contribution in [3.63, 3.8) is 0 Å². The monoisotopic (exact) mass is 437 g/mol. The summed E-state index contributed by atoms with van der Waals surface area (Å²) in [5.74, 6) is 0.484. The number of benzene rings is 1. The standard InChI is InChI=1S/C21H26F3N5O2/c1-19(2,3)29-17(25-26-27-29)16-12-20(7-9-31-10-8-20)18(30)28(16)13-14-5-4-6-15(11-14)21(22,23)24/h4-6,11,16H,7-10,12-13H2,1-3H3. The fourth-order valence-corrected chi connectivity index (χ4v) is 4.53. The van der Waals surface area contributed by atoms with Gasteiger partial charge in [-0.05, 0) is 68.2 Å². The Kier molecular flexibility index (Phi) is 5.31. The summed E-state index contributed by atoms with van der Waals surface area (Å²) in [6, 6.07) is 4.70. The second kappa shape index (κ2) is 7.58. The summed E-state index contributed by atoms with van der Waals surface area (Å²) in [4.78, 5) is 15.3. The lowest BCUT2D eigenvalue weighted by Gasteiger charge is -2.31. The SMILES string of the molecule is CC(C)(C)n1nnnc1C1CC2(CCOCC2)C(=O)N1Cc1cccc(C(F)(F)F)c1. The first-order chi connectivity index (χ1) is 14.5. The third kappa shape index (κ3) is 4.05. The van der Waals surface area contributed by atoms with Crippen LogP contribution < -0.4 is 0 Å². The van der Waals surface area contributed by atoms with Gasteiger partial charge in [0.25, 0.3) is 0 Å². The average molecular weight is 437 g/mol. The van der Waals surface area contributed by atoms with Gasteiger partial charge < -0.3 is 9.64 Å². The van der Waals surface area contributed by atoms with E-state index >= 15 is 0 Å². The Bertz CT molecular complexity index is 960. The number of hydrogen-bond donors (Lipinski definition) is 0. The maximum Gasteiger partial charge on any atom is 0.416 e. The van der Waals surface area contributed by atoms with E-state index in [4.69, 9.17) is 4.74 Å². The highest BCUT2D eigenvalue weighted by molar-refractivity contribution is 5.85. The zero-order valence-electron chi connectivity index (χ0n) is 17.8. The summed E-state index contributed by atoms with van der Waals surface area (Å²) in [6.07, 6.45) is -2.76. The molecule has 1 aromatic heterocycles. The highest BCUT2D eigenvalue weighted by atomic mass is 19.4. The zero-order valence-corrected chi connectivity index (χ0v) is 17.8. The Morgan fingerprint density at radius 1 is 1.19 bits per heavy atom. The van der Waals surface area contributed by atoms with Crippen molar-refractivity contribution in [3.8, 4) is 0 Å². The zero-order chi connectivity index (χ0) is 22.4. The van der Waals surface area contributed by atoms with Crippen LogP contribution in [0.15, 0.2) is 24.3 Å². The molecule has 10 heteroatoms. The number of ether oxygens (including phenoxy) is 1. The number of rotatable bonds is 3. The number of tetrazole rings is 1. The van der Waals surface area contributed by atoms with Gasteiger partial charge in [0, 0.05) is 19.8 Å². The number of nitrogens with zero attached hydrogens (tertiary/aromatic N) is 5. The molecular formula is C21H26F3N5O2. The molecule has 1 aromatic carbocycles. The molecule has 1 amide bonds. The Morgan fingerprint density at radius 2 is 1.90 bits per heavy atom. The van der Waals surface area contributed by atoms with Gasteiger partial charge in [0.1, 0.15) is 0 Å². The van der Waals surface area contributed by atoms with Crippen LogP contribution in [0.4, 0.5) is 13.2 Å². The number of likely N-dealkylation sites (tertiary alicyclic amines) is 1. The molecule has 0 aliphatic carbocycles. The van der Waals surface area contributed by atoms with E-state index in [0.29, 0.717) is 43.9 Å². The molecule has 0 N–H and O–H groups in total. The number of carbonyl (C=O) groups is 1.